The molecule has 2 heterocycles. The highest BCUT2D eigenvalue weighted by Crippen LogP contribution is 2.41. The zero-order valence-corrected chi connectivity index (χ0v) is 17.1. The number of aliphatic hydroxyl groups is 1. The van der Waals surface area contributed by atoms with E-state index in [0.717, 1.165) is 10.0 Å². The van der Waals surface area contributed by atoms with Crippen molar-refractivity contribution in [3.05, 3.63) is 99.7 Å². The predicted molar refractivity (Wildman–Crippen MR) is 114 cm³/mol. The van der Waals surface area contributed by atoms with E-state index in [-0.39, 0.29) is 11.3 Å². The topological polar surface area (TPSA) is 70.5 Å². The Bertz CT molecular complexity index is 1110. The van der Waals surface area contributed by atoms with E-state index in [1.54, 1.807) is 36.5 Å². The van der Waals surface area contributed by atoms with Crippen LogP contribution < -0.4 is 4.90 Å². The van der Waals surface area contributed by atoms with Gasteiger partial charge in [0.05, 0.1) is 11.6 Å². The summed E-state index contributed by atoms with van der Waals surface area (Å²) in [6.45, 7) is 1.94. The van der Waals surface area contributed by atoms with Crippen molar-refractivity contribution in [3.8, 4) is 0 Å². The fourth-order valence-corrected chi connectivity index (χ4v) is 3.66. The van der Waals surface area contributed by atoms with Gasteiger partial charge in [-0.15, -0.1) is 0 Å². The predicted octanol–water partition coefficient (Wildman–Crippen LogP) is 4.78. The maximum Gasteiger partial charge on any atom is 0.301 e. The largest absolute Gasteiger partial charge is 0.507 e. The van der Waals surface area contributed by atoms with Crippen LogP contribution in [0, 0.1) is 6.92 Å². The summed E-state index contributed by atoms with van der Waals surface area (Å²) in [5, 5.41) is 11.0. The minimum atomic E-state index is -0.778. The van der Waals surface area contributed by atoms with Gasteiger partial charge in [-0.2, -0.15) is 0 Å². The molecule has 29 heavy (non-hydrogen) atoms. The molecule has 1 fully saturated rings. The molecule has 144 valence electrons. The second-order valence-electron chi connectivity index (χ2n) is 6.77. The number of carbonyl (C=O) groups excluding carboxylic acids is 2. The summed E-state index contributed by atoms with van der Waals surface area (Å²) in [5.41, 5.74) is 2.26. The lowest BCUT2D eigenvalue weighted by Crippen LogP contribution is -2.30. The molecule has 2 aromatic carbocycles. The highest BCUT2D eigenvalue weighted by atomic mass is 79.9. The summed E-state index contributed by atoms with van der Waals surface area (Å²) in [5.74, 6) is -1.30. The molecule has 1 aliphatic heterocycles. The summed E-state index contributed by atoms with van der Waals surface area (Å²) < 4.78 is 0.870. The van der Waals surface area contributed by atoms with E-state index in [9.17, 15) is 14.7 Å². The number of rotatable bonds is 3. The average molecular weight is 449 g/mol. The molecule has 4 rings (SSSR count). The van der Waals surface area contributed by atoms with Gasteiger partial charge >= 0.3 is 5.91 Å². The molecule has 0 spiro atoms. The zero-order chi connectivity index (χ0) is 20.5. The van der Waals surface area contributed by atoms with Crippen LogP contribution in [0.4, 0.5) is 5.82 Å². The fraction of sp³-hybridized carbons (Fsp3) is 0.0870. The van der Waals surface area contributed by atoms with Gasteiger partial charge in [-0.1, -0.05) is 64.0 Å². The highest BCUT2D eigenvalue weighted by Gasteiger charge is 2.47. The highest BCUT2D eigenvalue weighted by molar-refractivity contribution is 9.10. The Kier molecular flexibility index (Phi) is 5.03. The van der Waals surface area contributed by atoms with Crippen LogP contribution in [0.15, 0.2) is 83.0 Å². The summed E-state index contributed by atoms with van der Waals surface area (Å²) in [6, 6.07) is 18.8. The Morgan fingerprint density at radius 2 is 1.69 bits per heavy atom. The van der Waals surface area contributed by atoms with Crippen molar-refractivity contribution in [2.75, 3.05) is 4.90 Å². The van der Waals surface area contributed by atoms with Gasteiger partial charge in [0.25, 0.3) is 5.78 Å². The molecule has 5 nitrogen and oxygen atoms in total. The maximum absolute atomic E-state index is 13.0. The third kappa shape index (κ3) is 3.47. The lowest BCUT2D eigenvalue weighted by Gasteiger charge is -2.24. The quantitative estimate of drug-likeness (QED) is 0.355. The summed E-state index contributed by atoms with van der Waals surface area (Å²) >= 11 is 3.40. The molecule has 1 amide bonds. The van der Waals surface area contributed by atoms with Crippen molar-refractivity contribution >= 4 is 39.2 Å². The molecule has 1 aliphatic rings. The molecule has 3 aromatic rings. The molecule has 1 N–H and O–H groups in total. The van der Waals surface area contributed by atoms with Crippen LogP contribution in [0.5, 0.6) is 0 Å². The first-order valence-electron chi connectivity index (χ1n) is 9.02. The van der Waals surface area contributed by atoms with Crippen LogP contribution >= 0.6 is 15.9 Å². The summed E-state index contributed by atoms with van der Waals surface area (Å²) in [7, 11) is 0. The van der Waals surface area contributed by atoms with Crippen LogP contribution in [-0.4, -0.2) is 21.8 Å². The maximum atomic E-state index is 13.0. The van der Waals surface area contributed by atoms with Gasteiger partial charge in [0, 0.05) is 16.2 Å². The monoisotopic (exact) mass is 448 g/mol. The third-order valence-corrected chi connectivity index (χ3v) is 5.38. The van der Waals surface area contributed by atoms with Gasteiger partial charge < -0.3 is 5.11 Å². The number of pyridine rings is 1. The van der Waals surface area contributed by atoms with E-state index in [0.29, 0.717) is 16.9 Å². The number of aryl methyl sites for hydroxylation is 1. The van der Waals surface area contributed by atoms with Gasteiger partial charge in [0.15, 0.2) is 0 Å². The number of hydrogen-bond donors (Lipinski definition) is 1. The smallest absolute Gasteiger partial charge is 0.301 e. The number of benzene rings is 2. The van der Waals surface area contributed by atoms with Crippen molar-refractivity contribution in [1.82, 2.24) is 4.98 Å². The summed E-state index contributed by atoms with van der Waals surface area (Å²) in [4.78, 5) is 31.5. The Balaban J connectivity index is 1.94. The number of amides is 1. The number of hydrogen-bond acceptors (Lipinski definition) is 4. The molecule has 0 aliphatic carbocycles. The first-order valence-corrected chi connectivity index (χ1v) is 9.81. The number of nitrogens with zero attached hydrogens (tertiary/aromatic N) is 2. The lowest BCUT2D eigenvalue weighted by atomic mass is 9.95. The molecule has 0 bridgehead atoms. The molecule has 0 radical (unpaired) electrons. The van der Waals surface area contributed by atoms with Crippen molar-refractivity contribution in [2.24, 2.45) is 0 Å². The minimum absolute atomic E-state index is 0.0480. The van der Waals surface area contributed by atoms with Crippen molar-refractivity contribution < 1.29 is 14.7 Å². The van der Waals surface area contributed by atoms with Crippen LogP contribution in [0.25, 0.3) is 5.76 Å². The summed E-state index contributed by atoms with van der Waals surface area (Å²) in [6.07, 6.45) is 1.56. The van der Waals surface area contributed by atoms with Crippen LogP contribution in [0.2, 0.25) is 0 Å². The van der Waals surface area contributed by atoms with Crippen LogP contribution in [0.3, 0.4) is 0 Å². The number of anilines is 1. The van der Waals surface area contributed by atoms with Crippen molar-refractivity contribution in [1.29, 1.82) is 0 Å². The molecule has 1 aromatic heterocycles. The number of aliphatic hydroxyl groups excluding tert-OH is 1. The van der Waals surface area contributed by atoms with Gasteiger partial charge in [0.1, 0.15) is 11.6 Å². The van der Waals surface area contributed by atoms with Crippen LogP contribution in [0.1, 0.15) is 22.7 Å². The number of Topliss-reactive ketones (excluding diaryl/α,β-unsaturated/α-hetero) is 1. The number of aromatic nitrogens is 1. The van der Waals surface area contributed by atoms with Gasteiger partial charge in [-0.3, -0.25) is 14.5 Å². The van der Waals surface area contributed by atoms with E-state index >= 15 is 0 Å². The molecule has 1 atom stereocenters. The van der Waals surface area contributed by atoms with Gasteiger partial charge in [-0.25, -0.2) is 4.98 Å². The van der Waals surface area contributed by atoms with E-state index in [1.165, 1.54) is 4.90 Å². The fourth-order valence-electron chi connectivity index (χ4n) is 3.39. The Hall–Kier alpha value is -3.25. The Morgan fingerprint density at radius 3 is 2.31 bits per heavy atom. The van der Waals surface area contributed by atoms with Crippen molar-refractivity contribution in [3.63, 3.8) is 0 Å². The minimum Gasteiger partial charge on any atom is -0.507 e. The zero-order valence-electron chi connectivity index (χ0n) is 15.5. The first-order chi connectivity index (χ1) is 14.0. The van der Waals surface area contributed by atoms with Crippen LogP contribution in [-0.2, 0) is 9.59 Å². The average Bonchev–Trinajstić information content (AvgIpc) is 3.00. The van der Waals surface area contributed by atoms with E-state index < -0.39 is 17.7 Å². The first kappa shape index (κ1) is 19.1. The van der Waals surface area contributed by atoms with E-state index in [1.807, 2.05) is 43.3 Å². The van der Waals surface area contributed by atoms with E-state index in [2.05, 4.69) is 20.9 Å². The second kappa shape index (κ2) is 7.64. The molecule has 0 saturated carbocycles. The lowest BCUT2D eigenvalue weighted by molar-refractivity contribution is -0.132. The van der Waals surface area contributed by atoms with E-state index in [4.69, 9.17) is 0 Å². The van der Waals surface area contributed by atoms with Gasteiger partial charge in [-0.05, 0) is 36.8 Å². The number of ketones is 1. The van der Waals surface area contributed by atoms with Gasteiger partial charge in [0.2, 0.25) is 0 Å². The Morgan fingerprint density at radius 1 is 1.00 bits per heavy atom. The molecule has 1 saturated heterocycles. The third-order valence-electron chi connectivity index (χ3n) is 4.85. The Labute approximate surface area is 176 Å². The molecular weight excluding hydrogens is 432 g/mol. The standard InChI is InChI=1S/C23H17BrN2O3/c1-14-5-7-16(8-6-14)21(27)19-20(15-9-11-17(24)12-10-15)26(23(29)22(19)28)18-4-2-3-13-25-18/h2-13,20,27H,1H3/b21-19+/t20-/m1/s1. The molecule has 0 unspecified atom stereocenters. The second-order valence-corrected chi connectivity index (χ2v) is 7.69. The normalized spacial score (nSPS) is 18.3. The number of carbonyl (C=O) groups is 2. The molecular formula is C23H17BrN2O3. The number of halogens is 1. The molecule has 6 heteroatoms. The van der Waals surface area contributed by atoms with Crippen molar-refractivity contribution in [2.45, 2.75) is 13.0 Å². The SMILES string of the molecule is Cc1ccc(/C(O)=C2\C(=O)C(=O)N(c3ccccn3)[C@@H]2c2ccc(Br)cc2)cc1.